The van der Waals surface area contributed by atoms with Gasteiger partial charge in [-0.25, -0.2) is 5.84 Å². The number of amides is 1. The molecule has 5 nitrogen and oxygen atoms in total. The molecule has 3 N–H and O–H groups in total. The second-order valence-electron chi connectivity index (χ2n) is 5.26. The van der Waals surface area contributed by atoms with E-state index in [0.29, 0.717) is 23.8 Å². The van der Waals surface area contributed by atoms with Gasteiger partial charge in [-0.1, -0.05) is 33.3 Å². The highest BCUT2D eigenvalue weighted by atomic mass is 16.5. The number of nitrogens with one attached hydrogen (secondary N) is 1. The molecule has 0 heterocycles. The van der Waals surface area contributed by atoms with Crippen LogP contribution in [0.4, 0.5) is 0 Å². The van der Waals surface area contributed by atoms with Crippen molar-refractivity contribution in [2.75, 3.05) is 26.2 Å². The van der Waals surface area contributed by atoms with Gasteiger partial charge in [-0.2, -0.15) is 0 Å². The molecule has 1 aromatic carbocycles. The molecule has 0 aliphatic heterocycles. The highest BCUT2D eigenvalue weighted by Gasteiger charge is 2.08. The highest BCUT2D eigenvalue weighted by molar-refractivity contribution is 5.94. The first-order valence-corrected chi connectivity index (χ1v) is 7.56. The van der Waals surface area contributed by atoms with Crippen molar-refractivity contribution in [2.24, 2.45) is 11.8 Å². The summed E-state index contributed by atoms with van der Waals surface area (Å²) >= 11 is 0. The third-order valence-electron chi connectivity index (χ3n) is 3.62. The number of nitrogens with zero attached hydrogens (tertiary/aromatic N) is 1. The van der Waals surface area contributed by atoms with Gasteiger partial charge in [-0.3, -0.25) is 15.1 Å². The average Bonchev–Trinajstić information content (AvgIpc) is 2.53. The van der Waals surface area contributed by atoms with Gasteiger partial charge >= 0.3 is 0 Å². The molecule has 0 saturated heterocycles. The maximum absolute atomic E-state index is 11.4. The molecule has 0 aliphatic carbocycles. The van der Waals surface area contributed by atoms with Crippen molar-refractivity contribution in [3.05, 3.63) is 29.8 Å². The molecular weight excluding hydrogens is 266 g/mol. The van der Waals surface area contributed by atoms with E-state index < -0.39 is 0 Å². The normalized spacial score (nSPS) is 12.2. The largest absolute Gasteiger partial charge is 0.492 e. The third-order valence-corrected chi connectivity index (χ3v) is 3.62. The zero-order valence-electron chi connectivity index (χ0n) is 13.3. The van der Waals surface area contributed by atoms with Crippen LogP contribution in [0, 0.1) is 5.92 Å². The van der Waals surface area contributed by atoms with Crippen molar-refractivity contribution in [2.45, 2.75) is 27.2 Å². The van der Waals surface area contributed by atoms with Gasteiger partial charge in [0.25, 0.3) is 5.91 Å². The summed E-state index contributed by atoms with van der Waals surface area (Å²) in [4.78, 5) is 13.8. The Hall–Kier alpha value is -1.59. The van der Waals surface area contributed by atoms with Crippen molar-refractivity contribution in [3.63, 3.8) is 0 Å². The van der Waals surface area contributed by atoms with Crippen molar-refractivity contribution >= 4 is 5.91 Å². The Labute approximate surface area is 127 Å². The number of hydrazine groups is 1. The Bertz CT molecular complexity index is 437. The van der Waals surface area contributed by atoms with Crippen LogP contribution < -0.4 is 16.0 Å². The van der Waals surface area contributed by atoms with Crippen molar-refractivity contribution in [1.82, 2.24) is 10.3 Å². The van der Waals surface area contributed by atoms with E-state index in [1.165, 1.54) is 6.42 Å². The standard InChI is InChI=1S/C16H27N3O2/c1-4-13(3)12-19(5-2)9-10-21-15-8-6-7-14(11-15)16(20)18-17/h6-8,11,13H,4-5,9-10,12,17H2,1-3H3,(H,18,20). The molecule has 1 amide bonds. The summed E-state index contributed by atoms with van der Waals surface area (Å²) in [5, 5.41) is 0. The van der Waals surface area contributed by atoms with Crippen LogP contribution in [0.5, 0.6) is 5.75 Å². The Balaban J connectivity index is 2.46. The first-order chi connectivity index (χ1) is 10.1. The minimum atomic E-state index is -0.313. The molecule has 0 spiro atoms. The predicted octanol–water partition coefficient (Wildman–Crippen LogP) is 2.04. The SMILES string of the molecule is CCC(C)CN(CC)CCOc1cccc(C(=O)NN)c1. The van der Waals surface area contributed by atoms with Crippen LogP contribution in [0.1, 0.15) is 37.6 Å². The summed E-state index contributed by atoms with van der Waals surface area (Å²) in [6.07, 6.45) is 1.19. The van der Waals surface area contributed by atoms with Crippen LogP contribution in [0.3, 0.4) is 0 Å². The topological polar surface area (TPSA) is 67.6 Å². The molecular formula is C16H27N3O2. The van der Waals surface area contributed by atoms with Gasteiger partial charge in [0, 0.05) is 18.7 Å². The molecule has 1 unspecified atom stereocenters. The van der Waals surface area contributed by atoms with E-state index in [2.05, 4.69) is 31.1 Å². The van der Waals surface area contributed by atoms with Gasteiger partial charge < -0.3 is 4.74 Å². The minimum Gasteiger partial charge on any atom is -0.492 e. The van der Waals surface area contributed by atoms with Gasteiger partial charge in [0.2, 0.25) is 0 Å². The molecule has 0 bridgehead atoms. The number of likely N-dealkylation sites (N-methyl/N-ethyl adjacent to an activating group) is 1. The van der Waals surface area contributed by atoms with Crippen LogP contribution in [-0.2, 0) is 0 Å². The maximum Gasteiger partial charge on any atom is 0.265 e. The van der Waals surface area contributed by atoms with Crippen LogP contribution in [0.25, 0.3) is 0 Å². The smallest absolute Gasteiger partial charge is 0.265 e. The van der Waals surface area contributed by atoms with Gasteiger partial charge in [0.15, 0.2) is 0 Å². The van der Waals surface area contributed by atoms with E-state index in [0.717, 1.165) is 19.6 Å². The Kier molecular flexibility index (Phi) is 7.79. The summed E-state index contributed by atoms with van der Waals surface area (Å²) < 4.78 is 5.73. The number of carbonyl (C=O) groups is 1. The molecule has 1 aromatic rings. The Morgan fingerprint density at radius 1 is 1.43 bits per heavy atom. The van der Waals surface area contributed by atoms with E-state index in [9.17, 15) is 4.79 Å². The van der Waals surface area contributed by atoms with Gasteiger partial charge in [-0.05, 0) is 30.7 Å². The summed E-state index contributed by atoms with van der Waals surface area (Å²) in [7, 11) is 0. The van der Waals surface area contributed by atoms with E-state index in [1.54, 1.807) is 18.2 Å². The number of nitrogen functional groups attached to an aromatic ring is 1. The van der Waals surface area contributed by atoms with Crippen LogP contribution in [0.2, 0.25) is 0 Å². The zero-order chi connectivity index (χ0) is 15.7. The molecule has 1 atom stereocenters. The van der Waals surface area contributed by atoms with Crippen LogP contribution >= 0.6 is 0 Å². The molecule has 21 heavy (non-hydrogen) atoms. The van der Waals surface area contributed by atoms with Crippen LogP contribution in [-0.4, -0.2) is 37.0 Å². The molecule has 0 radical (unpaired) electrons. The lowest BCUT2D eigenvalue weighted by atomic mass is 10.1. The van der Waals surface area contributed by atoms with E-state index >= 15 is 0 Å². The first kappa shape index (κ1) is 17.5. The van der Waals surface area contributed by atoms with E-state index in [4.69, 9.17) is 10.6 Å². The molecule has 5 heteroatoms. The third kappa shape index (κ3) is 6.14. The predicted molar refractivity (Wildman–Crippen MR) is 85.2 cm³/mol. The van der Waals surface area contributed by atoms with E-state index in [1.807, 2.05) is 6.07 Å². The second kappa shape index (κ2) is 9.37. The molecule has 0 aliphatic rings. The molecule has 1 rings (SSSR count). The summed E-state index contributed by atoms with van der Waals surface area (Å²) in [5.74, 6) is 6.20. The fraction of sp³-hybridized carbons (Fsp3) is 0.562. The highest BCUT2D eigenvalue weighted by Crippen LogP contribution is 2.13. The Morgan fingerprint density at radius 3 is 2.81 bits per heavy atom. The number of nitrogens with two attached hydrogens (primary N) is 1. The minimum absolute atomic E-state index is 0.313. The number of hydrogen-bond donors (Lipinski definition) is 2. The lowest BCUT2D eigenvalue weighted by molar-refractivity contribution is 0.0953. The van der Waals surface area contributed by atoms with Crippen molar-refractivity contribution in [1.29, 1.82) is 0 Å². The number of ether oxygens (including phenoxy) is 1. The number of rotatable bonds is 9. The molecule has 0 saturated carbocycles. The van der Waals surface area contributed by atoms with Crippen molar-refractivity contribution < 1.29 is 9.53 Å². The summed E-state index contributed by atoms with van der Waals surface area (Å²) in [6, 6.07) is 7.04. The zero-order valence-corrected chi connectivity index (χ0v) is 13.3. The molecule has 0 aromatic heterocycles. The van der Waals surface area contributed by atoms with Gasteiger partial charge in [0.1, 0.15) is 12.4 Å². The van der Waals surface area contributed by atoms with E-state index in [-0.39, 0.29) is 5.91 Å². The lowest BCUT2D eigenvalue weighted by Crippen LogP contribution is -2.32. The lowest BCUT2D eigenvalue weighted by Gasteiger charge is -2.23. The summed E-state index contributed by atoms with van der Waals surface area (Å²) in [6.45, 7) is 10.2. The summed E-state index contributed by atoms with van der Waals surface area (Å²) in [5.41, 5.74) is 2.62. The van der Waals surface area contributed by atoms with Gasteiger partial charge in [-0.15, -0.1) is 0 Å². The maximum atomic E-state index is 11.4. The fourth-order valence-electron chi connectivity index (χ4n) is 2.05. The first-order valence-electron chi connectivity index (χ1n) is 7.56. The Morgan fingerprint density at radius 2 is 2.19 bits per heavy atom. The number of benzene rings is 1. The monoisotopic (exact) mass is 293 g/mol. The van der Waals surface area contributed by atoms with Gasteiger partial charge in [0.05, 0.1) is 0 Å². The fourth-order valence-corrected chi connectivity index (χ4v) is 2.05. The second-order valence-corrected chi connectivity index (χ2v) is 5.26. The number of hydrogen-bond acceptors (Lipinski definition) is 4. The number of carbonyl (C=O) groups excluding carboxylic acids is 1. The molecule has 0 fully saturated rings. The van der Waals surface area contributed by atoms with Crippen molar-refractivity contribution in [3.8, 4) is 5.75 Å². The average molecular weight is 293 g/mol. The quantitative estimate of drug-likeness (QED) is 0.415. The molecule has 118 valence electrons. The van der Waals surface area contributed by atoms with Crippen LogP contribution in [0.15, 0.2) is 24.3 Å².